The van der Waals surface area contributed by atoms with Gasteiger partial charge in [0.15, 0.2) is 0 Å². The first-order chi connectivity index (χ1) is 7.75. The fraction of sp³-hybridized carbons (Fsp3) is 0.182. The molecule has 0 fully saturated rings. The Morgan fingerprint density at radius 3 is 2.88 bits per heavy atom. The van der Waals surface area contributed by atoms with Crippen LogP contribution in [0.15, 0.2) is 29.5 Å². The molecule has 5 heteroatoms. The summed E-state index contributed by atoms with van der Waals surface area (Å²) in [6, 6.07) is 5.69. The van der Waals surface area contributed by atoms with Gasteiger partial charge in [0, 0.05) is 11.1 Å². The van der Waals surface area contributed by atoms with Crippen molar-refractivity contribution in [3.63, 3.8) is 0 Å². The highest BCUT2D eigenvalue weighted by molar-refractivity contribution is 7.15. The lowest BCUT2D eigenvalue weighted by Gasteiger charge is -1.92. The van der Waals surface area contributed by atoms with Gasteiger partial charge in [-0.25, -0.2) is 4.98 Å². The molecule has 0 spiro atoms. The third-order valence-corrected chi connectivity index (χ3v) is 3.05. The van der Waals surface area contributed by atoms with E-state index < -0.39 is 0 Å². The van der Waals surface area contributed by atoms with Crippen molar-refractivity contribution >= 4 is 22.7 Å². The second-order valence-electron chi connectivity index (χ2n) is 3.29. The van der Waals surface area contributed by atoms with E-state index in [1.807, 2.05) is 32.0 Å². The number of hydrogen-bond donors (Lipinski definition) is 1. The van der Waals surface area contributed by atoms with Crippen LogP contribution in [0.2, 0.25) is 0 Å². The van der Waals surface area contributed by atoms with E-state index in [0.717, 1.165) is 16.5 Å². The molecule has 2 aromatic heterocycles. The zero-order valence-corrected chi connectivity index (χ0v) is 9.95. The van der Waals surface area contributed by atoms with Crippen LogP contribution in [-0.4, -0.2) is 16.2 Å². The molecule has 0 amide bonds. The van der Waals surface area contributed by atoms with Crippen LogP contribution in [0.5, 0.6) is 0 Å². The lowest BCUT2D eigenvalue weighted by atomic mass is 10.4. The van der Waals surface area contributed by atoms with E-state index in [0.29, 0.717) is 0 Å². The number of hydrazone groups is 1. The van der Waals surface area contributed by atoms with Gasteiger partial charge in [-0.2, -0.15) is 5.10 Å². The second-order valence-corrected chi connectivity index (χ2v) is 4.49. The molecule has 0 aromatic carbocycles. The Labute approximate surface area is 98.1 Å². The SMILES string of the molecule is Cc1nc(N/N=C\c2ccccn2)sc1C. The molecule has 2 aromatic rings. The van der Waals surface area contributed by atoms with Crippen molar-refractivity contribution in [1.29, 1.82) is 0 Å². The summed E-state index contributed by atoms with van der Waals surface area (Å²) in [5.41, 5.74) is 4.75. The molecule has 16 heavy (non-hydrogen) atoms. The molecule has 0 atom stereocenters. The highest BCUT2D eigenvalue weighted by atomic mass is 32.1. The van der Waals surface area contributed by atoms with E-state index in [9.17, 15) is 0 Å². The summed E-state index contributed by atoms with van der Waals surface area (Å²) in [6.07, 6.45) is 3.41. The maximum atomic E-state index is 4.31. The number of rotatable bonds is 3. The third-order valence-electron chi connectivity index (χ3n) is 2.07. The van der Waals surface area contributed by atoms with E-state index in [4.69, 9.17) is 0 Å². The first-order valence-corrected chi connectivity index (χ1v) is 5.71. The Morgan fingerprint density at radius 2 is 2.25 bits per heavy atom. The molecule has 0 aliphatic heterocycles. The molecule has 4 nitrogen and oxygen atoms in total. The van der Waals surface area contributed by atoms with Crippen LogP contribution < -0.4 is 5.43 Å². The molecule has 0 bridgehead atoms. The van der Waals surface area contributed by atoms with Gasteiger partial charge >= 0.3 is 0 Å². The van der Waals surface area contributed by atoms with E-state index in [1.54, 1.807) is 23.7 Å². The van der Waals surface area contributed by atoms with Crippen molar-refractivity contribution in [3.8, 4) is 0 Å². The van der Waals surface area contributed by atoms with Gasteiger partial charge in [0.1, 0.15) is 0 Å². The largest absolute Gasteiger partial charge is 0.255 e. The predicted molar refractivity (Wildman–Crippen MR) is 67.0 cm³/mol. The predicted octanol–water partition coefficient (Wildman–Crippen LogP) is 2.60. The normalized spacial score (nSPS) is 10.9. The Kier molecular flexibility index (Phi) is 3.26. The molecule has 0 unspecified atom stereocenters. The van der Waals surface area contributed by atoms with Crippen LogP contribution in [0.25, 0.3) is 0 Å². The summed E-state index contributed by atoms with van der Waals surface area (Å²) in [7, 11) is 0. The lowest BCUT2D eigenvalue weighted by Crippen LogP contribution is -1.91. The molecule has 0 saturated carbocycles. The van der Waals surface area contributed by atoms with Gasteiger partial charge in [-0.3, -0.25) is 10.4 Å². The number of thiazole rings is 1. The Balaban J connectivity index is 2.00. The zero-order chi connectivity index (χ0) is 11.4. The van der Waals surface area contributed by atoms with Gasteiger partial charge in [-0.05, 0) is 26.0 Å². The number of anilines is 1. The van der Waals surface area contributed by atoms with Gasteiger partial charge in [0.25, 0.3) is 0 Å². The topological polar surface area (TPSA) is 50.2 Å². The lowest BCUT2D eigenvalue weighted by molar-refractivity contribution is 1.20. The van der Waals surface area contributed by atoms with Gasteiger partial charge in [-0.15, -0.1) is 11.3 Å². The van der Waals surface area contributed by atoms with Crippen LogP contribution in [-0.2, 0) is 0 Å². The summed E-state index contributed by atoms with van der Waals surface area (Å²) < 4.78 is 0. The zero-order valence-electron chi connectivity index (χ0n) is 9.14. The van der Waals surface area contributed by atoms with Crippen LogP contribution in [0.1, 0.15) is 16.3 Å². The van der Waals surface area contributed by atoms with Gasteiger partial charge < -0.3 is 0 Å². The number of aromatic nitrogens is 2. The Hall–Kier alpha value is -1.75. The van der Waals surface area contributed by atoms with E-state index >= 15 is 0 Å². The smallest absolute Gasteiger partial charge is 0.203 e. The molecule has 0 aliphatic carbocycles. The van der Waals surface area contributed by atoms with Crippen molar-refractivity contribution in [3.05, 3.63) is 40.7 Å². The summed E-state index contributed by atoms with van der Waals surface area (Å²) in [6.45, 7) is 4.03. The van der Waals surface area contributed by atoms with Crippen LogP contribution in [0.3, 0.4) is 0 Å². The fourth-order valence-corrected chi connectivity index (χ4v) is 1.89. The summed E-state index contributed by atoms with van der Waals surface area (Å²) in [4.78, 5) is 9.65. The number of nitrogens with one attached hydrogen (secondary N) is 1. The minimum absolute atomic E-state index is 0.808. The van der Waals surface area contributed by atoms with E-state index in [2.05, 4.69) is 20.5 Å². The van der Waals surface area contributed by atoms with Gasteiger partial charge in [-0.1, -0.05) is 6.07 Å². The number of hydrogen-bond acceptors (Lipinski definition) is 5. The highest BCUT2D eigenvalue weighted by Crippen LogP contribution is 2.20. The standard InChI is InChI=1S/C11H12N4S/c1-8-9(2)16-11(14-8)15-13-7-10-5-3-4-6-12-10/h3-7H,1-2H3,(H,14,15)/b13-7-. The monoisotopic (exact) mass is 232 g/mol. The molecule has 2 heterocycles. The molecule has 82 valence electrons. The molecule has 1 N–H and O–H groups in total. The van der Waals surface area contributed by atoms with Crippen LogP contribution in [0, 0.1) is 13.8 Å². The van der Waals surface area contributed by atoms with E-state index in [1.165, 1.54) is 4.88 Å². The maximum absolute atomic E-state index is 4.31. The minimum atomic E-state index is 0.808. The van der Waals surface area contributed by atoms with Crippen molar-refractivity contribution in [2.75, 3.05) is 5.43 Å². The average molecular weight is 232 g/mol. The summed E-state index contributed by atoms with van der Waals surface area (Å²) in [5, 5.41) is 4.88. The number of nitrogens with zero attached hydrogens (tertiary/aromatic N) is 3. The maximum Gasteiger partial charge on any atom is 0.203 e. The molecule has 0 saturated heterocycles. The average Bonchev–Trinajstić information content (AvgIpc) is 2.60. The highest BCUT2D eigenvalue weighted by Gasteiger charge is 2.00. The first kappa shape index (κ1) is 10.8. The third kappa shape index (κ3) is 2.64. The van der Waals surface area contributed by atoms with Crippen molar-refractivity contribution in [2.45, 2.75) is 13.8 Å². The number of pyridine rings is 1. The van der Waals surface area contributed by atoms with Crippen molar-refractivity contribution in [2.24, 2.45) is 5.10 Å². The van der Waals surface area contributed by atoms with Gasteiger partial charge in [0.05, 0.1) is 17.6 Å². The minimum Gasteiger partial charge on any atom is -0.255 e. The Bertz CT molecular complexity index is 470. The first-order valence-electron chi connectivity index (χ1n) is 4.90. The molecule has 0 aliphatic rings. The van der Waals surface area contributed by atoms with Crippen molar-refractivity contribution < 1.29 is 0 Å². The molecule has 2 rings (SSSR count). The Morgan fingerprint density at radius 1 is 1.38 bits per heavy atom. The second kappa shape index (κ2) is 4.85. The molecular weight excluding hydrogens is 220 g/mol. The molecule has 0 radical (unpaired) electrons. The quantitative estimate of drug-likeness (QED) is 0.653. The molecular formula is C11H12N4S. The van der Waals surface area contributed by atoms with Crippen molar-refractivity contribution in [1.82, 2.24) is 9.97 Å². The van der Waals surface area contributed by atoms with E-state index in [-0.39, 0.29) is 0 Å². The fourth-order valence-electron chi connectivity index (χ4n) is 1.13. The summed E-state index contributed by atoms with van der Waals surface area (Å²) >= 11 is 1.59. The summed E-state index contributed by atoms with van der Waals surface area (Å²) in [5.74, 6) is 0. The van der Waals surface area contributed by atoms with Gasteiger partial charge in [0.2, 0.25) is 5.13 Å². The number of aryl methyl sites for hydroxylation is 2. The van der Waals surface area contributed by atoms with Crippen LogP contribution >= 0.6 is 11.3 Å². The van der Waals surface area contributed by atoms with Crippen LogP contribution in [0.4, 0.5) is 5.13 Å².